The van der Waals surface area contributed by atoms with Gasteiger partial charge >= 0.3 is 0 Å². The molecule has 2 aromatic heterocycles. The van der Waals surface area contributed by atoms with Crippen LogP contribution in [-0.4, -0.2) is 15.6 Å². The Morgan fingerprint density at radius 3 is 2.50 bits per heavy atom. The van der Waals surface area contributed by atoms with Gasteiger partial charge in [-0.25, -0.2) is 0 Å². The molecule has 3 atom stereocenters. The first-order chi connectivity index (χ1) is 25.5. The van der Waals surface area contributed by atoms with Crippen molar-refractivity contribution >= 4 is 34.4 Å². The number of nitrogens with zero attached hydrogens (tertiary/aromatic N) is 3. The summed E-state index contributed by atoms with van der Waals surface area (Å²) < 4.78 is 2.50. The van der Waals surface area contributed by atoms with Gasteiger partial charge in [-0.2, -0.15) is 0 Å². The molecule has 0 N–H and O–H groups in total. The Kier molecular flexibility index (Phi) is 9.18. The van der Waals surface area contributed by atoms with Gasteiger partial charge in [-0.1, -0.05) is 122 Å². The summed E-state index contributed by atoms with van der Waals surface area (Å²) >= 11 is 0. The van der Waals surface area contributed by atoms with Crippen LogP contribution in [0.25, 0.3) is 45.3 Å². The van der Waals surface area contributed by atoms with Crippen molar-refractivity contribution in [1.29, 1.82) is 0 Å². The molecule has 256 valence electrons. The molecule has 52 heavy (non-hydrogen) atoms. The van der Waals surface area contributed by atoms with Crippen LogP contribution in [0, 0.1) is 13.8 Å². The number of aromatic nitrogens is 2. The zero-order valence-corrected chi connectivity index (χ0v) is 30.3. The van der Waals surface area contributed by atoms with Crippen molar-refractivity contribution in [3.8, 4) is 22.3 Å². The van der Waals surface area contributed by atoms with Crippen LogP contribution in [0.3, 0.4) is 0 Å². The van der Waals surface area contributed by atoms with Gasteiger partial charge in [0.2, 0.25) is 0 Å². The van der Waals surface area contributed by atoms with E-state index in [1.165, 1.54) is 60.4 Å². The molecule has 3 unspecified atom stereocenters. The van der Waals surface area contributed by atoms with Crippen molar-refractivity contribution in [2.75, 3.05) is 4.90 Å². The normalized spacial score (nSPS) is 17.1. The van der Waals surface area contributed by atoms with Crippen LogP contribution in [0.15, 0.2) is 159 Å². The SMILES string of the molecule is C=C/C=C\C(C)n1c2c(c3ccccc31)=CCC(c1cc(-c3cccc(N(c4cccnc4)C4C=CC=CC4)c3)cc(-c3ccccc3C)c1C)C=2. The van der Waals surface area contributed by atoms with Crippen LogP contribution < -0.4 is 15.5 Å². The first-order valence-corrected chi connectivity index (χ1v) is 18.5. The van der Waals surface area contributed by atoms with Crippen LogP contribution in [-0.2, 0) is 0 Å². The van der Waals surface area contributed by atoms with Gasteiger partial charge in [-0.3, -0.25) is 4.98 Å². The molecule has 8 rings (SSSR count). The molecule has 0 bridgehead atoms. The van der Waals surface area contributed by atoms with Crippen molar-refractivity contribution in [3.05, 3.63) is 186 Å². The molecule has 3 heteroatoms. The van der Waals surface area contributed by atoms with Crippen LogP contribution in [0.2, 0.25) is 0 Å². The van der Waals surface area contributed by atoms with Crippen molar-refractivity contribution < 1.29 is 0 Å². The molecule has 2 aliphatic rings. The Bertz CT molecular complexity index is 2490. The third kappa shape index (κ3) is 6.17. The minimum atomic E-state index is 0.185. The number of fused-ring (bicyclic) bond motifs is 3. The first kappa shape index (κ1) is 33.2. The van der Waals surface area contributed by atoms with E-state index in [0.717, 1.165) is 24.2 Å². The first-order valence-electron chi connectivity index (χ1n) is 18.5. The molecule has 2 aliphatic carbocycles. The van der Waals surface area contributed by atoms with Crippen LogP contribution in [0.4, 0.5) is 11.4 Å². The summed E-state index contributed by atoms with van der Waals surface area (Å²) in [5, 5.41) is 3.95. The number of rotatable bonds is 9. The second-order valence-electron chi connectivity index (χ2n) is 14.1. The standard InChI is InChI=1S/C49H45N3/c1-5-6-17-35(3)51-48-25-13-12-24-44(48)45-27-26-38(32-49(45)51)46-30-39(31-47(36(46)4)43-23-11-10-16-34(43)2)37-18-14-21-41(29-37)52(40-19-8-7-9-20-40)42-22-15-28-50-33-42/h5-19,21-25,27-33,35,38,40H,1,20,26H2,2-4H3/b17-6-. The highest BCUT2D eigenvalue weighted by Crippen LogP contribution is 2.40. The predicted octanol–water partition coefficient (Wildman–Crippen LogP) is 11.1. The number of hydrogen-bond donors (Lipinski definition) is 0. The Hall–Kier alpha value is -5.93. The summed E-state index contributed by atoms with van der Waals surface area (Å²) in [4.78, 5) is 6.91. The largest absolute Gasteiger partial charge is 0.334 e. The molecular weight excluding hydrogens is 631 g/mol. The summed E-state index contributed by atoms with van der Waals surface area (Å²) in [6.07, 6.45) is 25.7. The lowest BCUT2D eigenvalue weighted by Gasteiger charge is -2.32. The summed E-state index contributed by atoms with van der Waals surface area (Å²) in [5.41, 5.74) is 12.5. The van der Waals surface area contributed by atoms with E-state index in [1.54, 1.807) is 0 Å². The van der Waals surface area contributed by atoms with Crippen molar-refractivity contribution in [3.63, 3.8) is 0 Å². The lowest BCUT2D eigenvalue weighted by atomic mass is 9.82. The third-order valence-electron chi connectivity index (χ3n) is 10.8. The molecule has 0 saturated carbocycles. The summed E-state index contributed by atoms with van der Waals surface area (Å²) in [5.74, 6) is 0.225. The molecule has 0 spiro atoms. The maximum atomic E-state index is 4.49. The van der Waals surface area contributed by atoms with Crippen molar-refractivity contribution in [1.82, 2.24) is 9.55 Å². The number of para-hydroxylation sites is 1. The Morgan fingerprint density at radius 2 is 1.69 bits per heavy atom. The Morgan fingerprint density at radius 1 is 0.846 bits per heavy atom. The van der Waals surface area contributed by atoms with Crippen LogP contribution >= 0.6 is 0 Å². The highest BCUT2D eigenvalue weighted by molar-refractivity contribution is 5.84. The van der Waals surface area contributed by atoms with E-state index < -0.39 is 0 Å². The van der Waals surface area contributed by atoms with E-state index >= 15 is 0 Å². The predicted molar refractivity (Wildman–Crippen MR) is 221 cm³/mol. The summed E-state index contributed by atoms with van der Waals surface area (Å²) in [6, 6.07) is 36.1. The van der Waals surface area contributed by atoms with Crippen molar-refractivity contribution in [2.24, 2.45) is 0 Å². The number of aryl methyl sites for hydroxylation is 1. The fourth-order valence-electron chi connectivity index (χ4n) is 8.24. The Balaban J connectivity index is 1.31. The van der Waals surface area contributed by atoms with Gasteiger partial charge in [0.25, 0.3) is 0 Å². The maximum Gasteiger partial charge on any atom is 0.0602 e. The van der Waals surface area contributed by atoms with Gasteiger partial charge in [0.15, 0.2) is 0 Å². The minimum Gasteiger partial charge on any atom is -0.334 e. The molecule has 6 aromatic rings. The van der Waals surface area contributed by atoms with E-state index in [1.807, 2.05) is 24.5 Å². The molecule has 4 aromatic carbocycles. The lowest BCUT2D eigenvalue weighted by molar-refractivity contribution is 0.663. The average molecular weight is 676 g/mol. The monoisotopic (exact) mass is 675 g/mol. The number of pyridine rings is 1. The van der Waals surface area contributed by atoms with Crippen LogP contribution in [0.1, 0.15) is 48.4 Å². The Labute approximate surface area is 307 Å². The topological polar surface area (TPSA) is 21.1 Å². The van der Waals surface area contributed by atoms with E-state index in [-0.39, 0.29) is 18.0 Å². The molecule has 3 nitrogen and oxygen atoms in total. The highest BCUT2D eigenvalue weighted by atomic mass is 15.2. The zero-order chi connectivity index (χ0) is 35.6. The van der Waals surface area contributed by atoms with Crippen LogP contribution in [0.5, 0.6) is 0 Å². The van der Waals surface area contributed by atoms with E-state index in [4.69, 9.17) is 0 Å². The lowest BCUT2D eigenvalue weighted by Crippen LogP contribution is -2.33. The molecular formula is C49H45N3. The van der Waals surface area contributed by atoms with Gasteiger partial charge in [-0.15, -0.1) is 0 Å². The average Bonchev–Trinajstić information content (AvgIpc) is 3.52. The number of allylic oxidation sites excluding steroid dienone is 5. The molecule has 0 saturated heterocycles. The number of hydrogen-bond acceptors (Lipinski definition) is 2. The molecule has 2 heterocycles. The quantitative estimate of drug-likeness (QED) is 0.142. The number of anilines is 2. The van der Waals surface area contributed by atoms with Crippen molar-refractivity contribution in [2.45, 2.75) is 51.6 Å². The van der Waals surface area contributed by atoms with Gasteiger partial charge in [0, 0.05) is 45.3 Å². The second-order valence-corrected chi connectivity index (χ2v) is 14.1. The molecule has 0 amide bonds. The summed E-state index contributed by atoms with van der Waals surface area (Å²) in [7, 11) is 0. The van der Waals surface area contributed by atoms with Gasteiger partial charge in [0.1, 0.15) is 0 Å². The van der Waals surface area contributed by atoms with Gasteiger partial charge in [-0.05, 0) is 109 Å². The minimum absolute atomic E-state index is 0.185. The molecule has 0 radical (unpaired) electrons. The smallest absolute Gasteiger partial charge is 0.0602 e. The fraction of sp³-hybridized carbons (Fsp3) is 0.163. The van der Waals surface area contributed by atoms with E-state index in [0.29, 0.717) is 0 Å². The third-order valence-corrected chi connectivity index (χ3v) is 10.8. The zero-order valence-electron chi connectivity index (χ0n) is 30.3. The second kappa shape index (κ2) is 14.4. The molecule has 0 aliphatic heterocycles. The summed E-state index contributed by atoms with van der Waals surface area (Å²) in [6.45, 7) is 10.7. The fourth-order valence-corrected chi connectivity index (χ4v) is 8.24. The number of benzene rings is 4. The van der Waals surface area contributed by atoms with E-state index in [2.05, 4.69) is 181 Å². The molecule has 0 fully saturated rings. The van der Waals surface area contributed by atoms with Gasteiger partial charge in [0.05, 0.1) is 17.9 Å². The maximum absolute atomic E-state index is 4.49. The highest BCUT2D eigenvalue weighted by Gasteiger charge is 2.23. The van der Waals surface area contributed by atoms with Gasteiger partial charge < -0.3 is 9.47 Å². The van der Waals surface area contributed by atoms with E-state index in [9.17, 15) is 0 Å².